The van der Waals surface area contributed by atoms with E-state index in [1.54, 1.807) is 40.4 Å². The summed E-state index contributed by atoms with van der Waals surface area (Å²) in [5.74, 6) is -0.273. The van der Waals surface area contributed by atoms with Crippen LogP contribution < -0.4 is 0 Å². The van der Waals surface area contributed by atoms with Crippen molar-refractivity contribution in [3.63, 3.8) is 0 Å². The smallest absolute Gasteiger partial charge is 0.196 e. The summed E-state index contributed by atoms with van der Waals surface area (Å²) < 4.78 is 13.8. The molecule has 1 aliphatic rings. The van der Waals surface area contributed by atoms with Crippen LogP contribution in [0.4, 0.5) is 4.39 Å². The van der Waals surface area contributed by atoms with Gasteiger partial charge in [0.25, 0.3) is 0 Å². The minimum atomic E-state index is -0.273. The molecule has 0 N–H and O–H groups in total. The van der Waals surface area contributed by atoms with Gasteiger partial charge in [-0.25, -0.2) is 4.39 Å². The summed E-state index contributed by atoms with van der Waals surface area (Å²) >= 11 is 3.51. The van der Waals surface area contributed by atoms with Crippen molar-refractivity contribution in [3.8, 4) is 0 Å². The average molecular weight is 450 g/mol. The van der Waals surface area contributed by atoms with Gasteiger partial charge in [0.2, 0.25) is 0 Å². The number of benzene rings is 2. The predicted octanol–water partition coefficient (Wildman–Crippen LogP) is 6.23. The zero-order chi connectivity index (χ0) is 17.3. The van der Waals surface area contributed by atoms with Gasteiger partial charge in [-0.2, -0.15) is 0 Å². The second-order valence-corrected chi connectivity index (χ2v) is 7.74. The number of halogens is 2. The van der Waals surface area contributed by atoms with E-state index in [1.165, 1.54) is 17.0 Å². The van der Waals surface area contributed by atoms with Crippen LogP contribution in [-0.4, -0.2) is 10.0 Å². The first-order valence-electron chi connectivity index (χ1n) is 7.54. The SMILES string of the molecule is CSc1ccc(/C=C2/C(C)=C(CC(=O)I)c3cc(F)ccc32)cc1. The largest absolute Gasteiger partial charge is 0.287 e. The van der Waals surface area contributed by atoms with Gasteiger partial charge in [0.15, 0.2) is 3.79 Å². The number of carbonyl (C=O) groups is 1. The molecule has 1 aliphatic carbocycles. The monoisotopic (exact) mass is 450 g/mol. The zero-order valence-corrected chi connectivity index (χ0v) is 16.4. The fourth-order valence-corrected chi connectivity index (χ4v) is 3.78. The predicted molar refractivity (Wildman–Crippen MR) is 109 cm³/mol. The Hall–Kier alpha value is -1.40. The summed E-state index contributed by atoms with van der Waals surface area (Å²) in [5.41, 5.74) is 5.97. The van der Waals surface area contributed by atoms with Crippen molar-refractivity contribution in [1.29, 1.82) is 0 Å². The van der Waals surface area contributed by atoms with E-state index < -0.39 is 0 Å². The van der Waals surface area contributed by atoms with Gasteiger partial charge < -0.3 is 0 Å². The number of carbonyl (C=O) groups excluding carboxylic acids is 1. The molecule has 0 fully saturated rings. The molecule has 0 unspecified atom stereocenters. The van der Waals surface area contributed by atoms with Crippen molar-refractivity contribution in [3.05, 3.63) is 70.5 Å². The highest BCUT2D eigenvalue weighted by molar-refractivity contribution is 14.1. The van der Waals surface area contributed by atoms with Crippen LogP contribution in [-0.2, 0) is 4.79 Å². The average Bonchev–Trinajstić information content (AvgIpc) is 2.80. The van der Waals surface area contributed by atoms with Crippen LogP contribution in [0.25, 0.3) is 17.2 Å². The topological polar surface area (TPSA) is 17.1 Å². The number of allylic oxidation sites excluding steroid dienone is 3. The third kappa shape index (κ3) is 3.49. The van der Waals surface area contributed by atoms with E-state index in [0.717, 1.165) is 33.4 Å². The molecule has 4 heteroatoms. The molecular formula is C20H16FIOS. The molecule has 0 saturated heterocycles. The first kappa shape index (κ1) is 17.4. The van der Waals surface area contributed by atoms with Gasteiger partial charge in [0.1, 0.15) is 5.82 Å². The molecule has 0 heterocycles. The highest BCUT2D eigenvalue weighted by Crippen LogP contribution is 2.44. The number of thioether (sulfide) groups is 1. The molecule has 0 spiro atoms. The quantitative estimate of drug-likeness (QED) is 0.312. The van der Waals surface area contributed by atoms with Gasteiger partial charge in [-0.3, -0.25) is 4.79 Å². The molecule has 0 radical (unpaired) electrons. The highest BCUT2D eigenvalue weighted by atomic mass is 127. The standard InChI is InChI=1S/C20H16FIOS/c1-12-17(9-13-3-6-15(24-2)7-4-13)16-8-5-14(21)10-19(16)18(12)11-20(22)23/h3-10H,11H2,1-2H3/b17-9-. The van der Waals surface area contributed by atoms with Crippen LogP contribution in [0.2, 0.25) is 0 Å². The Morgan fingerprint density at radius 3 is 2.50 bits per heavy atom. The lowest BCUT2D eigenvalue weighted by Crippen LogP contribution is -1.91. The van der Waals surface area contributed by atoms with E-state index in [1.807, 2.05) is 6.92 Å². The minimum absolute atomic E-state index is 0.0581. The van der Waals surface area contributed by atoms with Gasteiger partial charge in [0.05, 0.1) is 0 Å². The summed E-state index contributed by atoms with van der Waals surface area (Å²) in [6.07, 6.45) is 4.49. The normalized spacial score (nSPS) is 15.1. The Bertz CT molecular complexity index is 866. The van der Waals surface area contributed by atoms with Crippen molar-refractivity contribution in [2.75, 3.05) is 6.26 Å². The van der Waals surface area contributed by atoms with Crippen molar-refractivity contribution >= 4 is 55.4 Å². The molecule has 0 amide bonds. The van der Waals surface area contributed by atoms with E-state index in [-0.39, 0.29) is 9.61 Å². The second kappa shape index (κ2) is 7.23. The van der Waals surface area contributed by atoms with E-state index in [9.17, 15) is 9.18 Å². The molecular weight excluding hydrogens is 434 g/mol. The Labute approximate surface area is 159 Å². The lowest BCUT2D eigenvalue weighted by Gasteiger charge is -2.05. The molecule has 2 aromatic carbocycles. The van der Waals surface area contributed by atoms with Crippen molar-refractivity contribution in [1.82, 2.24) is 0 Å². The van der Waals surface area contributed by atoms with Crippen LogP contribution in [0.15, 0.2) is 52.9 Å². The molecule has 2 aromatic rings. The Balaban J connectivity index is 2.11. The zero-order valence-electron chi connectivity index (χ0n) is 13.4. The molecule has 3 rings (SSSR count). The lowest BCUT2D eigenvalue weighted by molar-refractivity contribution is -0.108. The van der Waals surface area contributed by atoms with Crippen LogP contribution >= 0.6 is 34.4 Å². The summed E-state index contributed by atoms with van der Waals surface area (Å²) in [4.78, 5) is 12.8. The van der Waals surface area contributed by atoms with Crippen LogP contribution in [0.3, 0.4) is 0 Å². The molecule has 0 aliphatic heterocycles. The molecule has 24 heavy (non-hydrogen) atoms. The third-order valence-electron chi connectivity index (χ3n) is 4.20. The maximum Gasteiger partial charge on any atom is 0.196 e. The van der Waals surface area contributed by atoms with E-state index in [4.69, 9.17) is 0 Å². The van der Waals surface area contributed by atoms with E-state index in [0.29, 0.717) is 6.42 Å². The maximum absolute atomic E-state index is 13.7. The number of rotatable bonds is 4. The van der Waals surface area contributed by atoms with Gasteiger partial charge in [-0.1, -0.05) is 18.2 Å². The molecule has 1 nitrogen and oxygen atoms in total. The summed E-state index contributed by atoms with van der Waals surface area (Å²) in [5, 5.41) is 0. The molecule has 0 aromatic heterocycles. The van der Waals surface area contributed by atoms with Gasteiger partial charge >= 0.3 is 0 Å². The highest BCUT2D eigenvalue weighted by Gasteiger charge is 2.25. The molecule has 0 saturated carbocycles. The molecule has 0 bridgehead atoms. The van der Waals surface area contributed by atoms with Crippen molar-refractivity contribution in [2.24, 2.45) is 0 Å². The van der Waals surface area contributed by atoms with Gasteiger partial charge in [0, 0.05) is 11.3 Å². The van der Waals surface area contributed by atoms with E-state index >= 15 is 0 Å². The van der Waals surface area contributed by atoms with Crippen LogP contribution in [0.5, 0.6) is 0 Å². The fourth-order valence-electron chi connectivity index (χ4n) is 2.99. The first-order chi connectivity index (χ1) is 11.5. The number of hydrogen-bond acceptors (Lipinski definition) is 2. The Morgan fingerprint density at radius 2 is 1.88 bits per heavy atom. The van der Waals surface area contributed by atoms with Crippen LogP contribution in [0.1, 0.15) is 30.0 Å². The Kier molecular flexibility index (Phi) is 5.25. The molecule has 0 atom stereocenters. The summed E-state index contributed by atoms with van der Waals surface area (Å²) in [6, 6.07) is 13.2. The summed E-state index contributed by atoms with van der Waals surface area (Å²) in [6.45, 7) is 2.01. The first-order valence-corrected chi connectivity index (χ1v) is 9.84. The lowest BCUT2D eigenvalue weighted by atomic mass is 10.0. The minimum Gasteiger partial charge on any atom is -0.287 e. The Morgan fingerprint density at radius 1 is 1.17 bits per heavy atom. The van der Waals surface area contributed by atoms with Crippen molar-refractivity contribution in [2.45, 2.75) is 18.2 Å². The number of hydrogen-bond donors (Lipinski definition) is 0. The van der Waals surface area contributed by atoms with Gasteiger partial charge in [-0.15, -0.1) is 11.8 Å². The second-order valence-electron chi connectivity index (χ2n) is 5.66. The summed E-state index contributed by atoms with van der Waals surface area (Å²) in [7, 11) is 0. The molecule has 122 valence electrons. The fraction of sp³-hybridized carbons (Fsp3) is 0.150. The van der Waals surface area contributed by atoms with Crippen molar-refractivity contribution < 1.29 is 9.18 Å². The van der Waals surface area contributed by atoms with E-state index in [2.05, 4.69) is 36.6 Å². The third-order valence-corrected chi connectivity index (χ3v) is 5.32. The van der Waals surface area contributed by atoms with Gasteiger partial charge in [-0.05, 0) is 99.5 Å². The maximum atomic E-state index is 13.7. The van der Waals surface area contributed by atoms with Crippen LogP contribution in [0, 0.1) is 5.82 Å². The number of fused-ring (bicyclic) bond motifs is 1.